The zero-order valence-corrected chi connectivity index (χ0v) is 10.9. The van der Waals surface area contributed by atoms with Crippen molar-refractivity contribution in [2.45, 2.75) is 40.3 Å². The number of hydrogen-bond donors (Lipinski definition) is 1. The number of aromatic nitrogens is 1. The van der Waals surface area contributed by atoms with E-state index in [0.717, 1.165) is 11.4 Å². The van der Waals surface area contributed by atoms with E-state index >= 15 is 0 Å². The highest BCUT2D eigenvalue weighted by Gasteiger charge is 2.24. The van der Waals surface area contributed by atoms with E-state index in [2.05, 4.69) is 37.6 Å². The molecule has 0 aromatic carbocycles. The highest BCUT2D eigenvalue weighted by atomic mass is 16.3. The van der Waals surface area contributed by atoms with Gasteiger partial charge < -0.3 is 10.0 Å². The quantitative estimate of drug-likeness (QED) is 0.853. The number of aliphatic hydroxyl groups is 1. The molecule has 3 heteroatoms. The first-order valence-corrected chi connectivity index (χ1v) is 5.65. The van der Waals surface area contributed by atoms with Gasteiger partial charge in [0.15, 0.2) is 0 Å². The molecule has 0 fully saturated rings. The van der Waals surface area contributed by atoms with Crippen molar-refractivity contribution >= 4 is 5.82 Å². The molecule has 0 aliphatic rings. The Bertz CT molecular complexity index is 344. The molecule has 1 unspecified atom stereocenters. The Morgan fingerprint density at radius 3 is 2.56 bits per heavy atom. The summed E-state index contributed by atoms with van der Waals surface area (Å²) in [6.45, 7) is 8.89. The molecular formula is C13H22N2O. The Morgan fingerprint density at radius 1 is 1.44 bits per heavy atom. The standard InChI is InChI=1S/C13H22N2O/c1-10(13(2,3)4)15(5)12-8-11(9-16)6-7-14-12/h6-8,10,16H,9H2,1-5H3. The lowest BCUT2D eigenvalue weighted by Gasteiger charge is -2.36. The molecule has 1 aromatic rings. The van der Waals surface area contributed by atoms with Crippen molar-refractivity contribution in [2.24, 2.45) is 5.41 Å². The first kappa shape index (κ1) is 13.0. The predicted octanol–water partition coefficient (Wildman–Crippen LogP) is 2.44. The van der Waals surface area contributed by atoms with Gasteiger partial charge in [0.1, 0.15) is 5.82 Å². The van der Waals surface area contributed by atoms with Crippen LogP contribution < -0.4 is 4.90 Å². The van der Waals surface area contributed by atoms with Crippen LogP contribution in [-0.4, -0.2) is 23.2 Å². The molecule has 16 heavy (non-hydrogen) atoms. The highest BCUT2D eigenvalue weighted by Crippen LogP contribution is 2.26. The van der Waals surface area contributed by atoms with Gasteiger partial charge in [-0.3, -0.25) is 0 Å². The van der Waals surface area contributed by atoms with Crippen LogP contribution in [0.1, 0.15) is 33.3 Å². The maximum absolute atomic E-state index is 9.10. The minimum Gasteiger partial charge on any atom is -0.392 e. The van der Waals surface area contributed by atoms with Crippen LogP contribution in [0.15, 0.2) is 18.3 Å². The monoisotopic (exact) mass is 222 g/mol. The van der Waals surface area contributed by atoms with Crippen molar-refractivity contribution in [3.63, 3.8) is 0 Å². The molecule has 1 aromatic heterocycles. The Labute approximate surface area is 98.1 Å². The molecule has 0 radical (unpaired) electrons. The molecule has 0 bridgehead atoms. The maximum Gasteiger partial charge on any atom is 0.128 e. The number of aliphatic hydroxyl groups excluding tert-OH is 1. The number of hydrogen-bond acceptors (Lipinski definition) is 3. The second-order valence-corrected chi connectivity index (χ2v) is 5.33. The lowest BCUT2D eigenvalue weighted by molar-refractivity contribution is 0.281. The smallest absolute Gasteiger partial charge is 0.128 e. The van der Waals surface area contributed by atoms with E-state index in [1.165, 1.54) is 0 Å². The number of pyridine rings is 1. The molecule has 1 atom stereocenters. The summed E-state index contributed by atoms with van der Waals surface area (Å²) in [7, 11) is 2.04. The summed E-state index contributed by atoms with van der Waals surface area (Å²) in [6.07, 6.45) is 1.74. The molecule has 90 valence electrons. The van der Waals surface area contributed by atoms with E-state index in [4.69, 9.17) is 5.11 Å². The van der Waals surface area contributed by atoms with Crippen molar-refractivity contribution in [3.05, 3.63) is 23.9 Å². The average Bonchev–Trinajstić information content (AvgIpc) is 2.26. The van der Waals surface area contributed by atoms with E-state index < -0.39 is 0 Å². The van der Waals surface area contributed by atoms with Crippen molar-refractivity contribution < 1.29 is 5.11 Å². The van der Waals surface area contributed by atoms with Gasteiger partial charge in [0.25, 0.3) is 0 Å². The third-order valence-electron chi connectivity index (χ3n) is 3.19. The van der Waals surface area contributed by atoms with E-state index in [9.17, 15) is 0 Å². The molecule has 1 rings (SSSR count). The van der Waals surface area contributed by atoms with Crippen molar-refractivity contribution in [1.82, 2.24) is 4.98 Å². The van der Waals surface area contributed by atoms with Gasteiger partial charge in [-0.2, -0.15) is 0 Å². The minimum atomic E-state index is 0.0628. The summed E-state index contributed by atoms with van der Waals surface area (Å²) in [6, 6.07) is 4.15. The summed E-state index contributed by atoms with van der Waals surface area (Å²) in [5, 5.41) is 9.10. The summed E-state index contributed by atoms with van der Waals surface area (Å²) in [5.74, 6) is 0.911. The Balaban J connectivity index is 2.91. The molecule has 0 spiro atoms. The third-order valence-corrected chi connectivity index (χ3v) is 3.19. The van der Waals surface area contributed by atoms with E-state index in [1.807, 2.05) is 19.2 Å². The molecule has 0 amide bonds. The second-order valence-electron chi connectivity index (χ2n) is 5.33. The fourth-order valence-corrected chi connectivity index (χ4v) is 1.53. The van der Waals surface area contributed by atoms with Gasteiger partial charge in [-0.25, -0.2) is 4.98 Å². The Morgan fingerprint density at radius 2 is 2.06 bits per heavy atom. The lowest BCUT2D eigenvalue weighted by Crippen LogP contribution is -2.39. The van der Waals surface area contributed by atoms with Gasteiger partial charge in [-0.05, 0) is 30.0 Å². The summed E-state index contributed by atoms with van der Waals surface area (Å²) in [5.41, 5.74) is 1.10. The van der Waals surface area contributed by atoms with Crippen molar-refractivity contribution in [3.8, 4) is 0 Å². The van der Waals surface area contributed by atoms with Crippen LogP contribution in [-0.2, 0) is 6.61 Å². The molecule has 1 N–H and O–H groups in total. The summed E-state index contributed by atoms with van der Waals surface area (Å²) in [4.78, 5) is 6.49. The number of anilines is 1. The summed E-state index contributed by atoms with van der Waals surface area (Å²) >= 11 is 0. The van der Waals surface area contributed by atoms with E-state index in [-0.39, 0.29) is 12.0 Å². The molecule has 0 saturated heterocycles. The normalized spacial score (nSPS) is 13.6. The molecule has 3 nitrogen and oxygen atoms in total. The van der Waals surface area contributed by atoms with Crippen LogP contribution in [0.2, 0.25) is 0 Å². The SMILES string of the molecule is CC(N(C)c1cc(CO)ccn1)C(C)(C)C. The minimum absolute atomic E-state index is 0.0628. The van der Waals surface area contributed by atoms with Crippen LogP contribution in [0.3, 0.4) is 0 Å². The first-order chi connectivity index (χ1) is 7.36. The van der Waals surface area contributed by atoms with Gasteiger partial charge in [0.05, 0.1) is 6.61 Å². The van der Waals surface area contributed by atoms with Crippen LogP contribution in [0.25, 0.3) is 0 Å². The van der Waals surface area contributed by atoms with Crippen LogP contribution in [0.5, 0.6) is 0 Å². The average molecular weight is 222 g/mol. The third kappa shape index (κ3) is 2.95. The highest BCUT2D eigenvalue weighted by molar-refractivity contribution is 5.41. The molecule has 1 heterocycles. The van der Waals surface area contributed by atoms with Crippen LogP contribution >= 0.6 is 0 Å². The van der Waals surface area contributed by atoms with E-state index in [0.29, 0.717) is 6.04 Å². The molecule has 0 aliphatic carbocycles. The lowest BCUT2D eigenvalue weighted by atomic mass is 9.87. The van der Waals surface area contributed by atoms with Gasteiger partial charge in [0.2, 0.25) is 0 Å². The zero-order chi connectivity index (χ0) is 12.3. The van der Waals surface area contributed by atoms with Crippen LogP contribution in [0, 0.1) is 5.41 Å². The van der Waals surface area contributed by atoms with Crippen LogP contribution in [0.4, 0.5) is 5.82 Å². The van der Waals surface area contributed by atoms with Gasteiger partial charge >= 0.3 is 0 Å². The number of nitrogens with zero attached hydrogens (tertiary/aromatic N) is 2. The molecular weight excluding hydrogens is 200 g/mol. The second kappa shape index (κ2) is 4.83. The molecule has 0 aliphatic heterocycles. The fourth-order valence-electron chi connectivity index (χ4n) is 1.53. The predicted molar refractivity (Wildman–Crippen MR) is 67.5 cm³/mol. The fraction of sp³-hybridized carbons (Fsp3) is 0.615. The number of rotatable bonds is 3. The van der Waals surface area contributed by atoms with Gasteiger partial charge in [-0.15, -0.1) is 0 Å². The maximum atomic E-state index is 9.10. The Kier molecular flexibility index (Phi) is 3.92. The van der Waals surface area contributed by atoms with Crippen molar-refractivity contribution in [2.75, 3.05) is 11.9 Å². The largest absolute Gasteiger partial charge is 0.392 e. The Hall–Kier alpha value is -1.09. The topological polar surface area (TPSA) is 36.4 Å². The summed E-state index contributed by atoms with van der Waals surface area (Å²) < 4.78 is 0. The first-order valence-electron chi connectivity index (χ1n) is 5.65. The van der Waals surface area contributed by atoms with E-state index in [1.54, 1.807) is 6.20 Å². The molecule has 0 saturated carbocycles. The van der Waals surface area contributed by atoms with Crippen molar-refractivity contribution in [1.29, 1.82) is 0 Å². The van der Waals surface area contributed by atoms with Gasteiger partial charge in [-0.1, -0.05) is 20.8 Å². The van der Waals surface area contributed by atoms with Gasteiger partial charge in [0, 0.05) is 19.3 Å². The zero-order valence-electron chi connectivity index (χ0n) is 10.9.